The van der Waals surface area contributed by atoms with Crippen molar-refractivity contribution in [3.05, 3.63) is 71.3 Å². The number of benzene rings is 2. The van der Waals surface area contributed by atoms with Gasteiger partial charge in [0.25, 0.3) is 0 Å². The third-order valence-electron chi connectivity index (χ3n) is 5.17. The van der Waals surface area contributed by atoms with Gasteiger partial charge in [0.15, 0.2) is 5.78 Å². The number of ketones is 1. The molecule has 132 valence electrons. The molecule has 1 atom stereocenters. The maximum atomic E-state index is 12.8. The molecule has 0 radical (unpaired) electrons. The second-order valence-corrected chi connectivity index (χ2v) is 6.79. The SMILES string of the molecule is CCCCC(C=O)(CC)CCc1ccccc1C(=O)c1ccccc1. The minimum Gasteiger partial charge on any atom is -0.303 e. The average Bonchev–Trinajstić information content (AvgIpc) is 2.69. The topological polar surface area (TPSA) is 34.1 Å². The van der Waals surface area contributed by atoms with Crippen LogP contribution in [-0.4, -0.2) is 12.1 Å². The van der Waals surface area contributed by atoms with E-state index in [4.69, 9.17) is 0 Å². The van der Waals surface area contributed by atoms with Crippen LogP contribution < -0.4 is 0 Å². The monoisotopic (exact) mass is 336 g/mol. The van der Waals surface area contributed by atoms with E-state index in [0.29, 0.717) is 5.56 Å². The van der Waals surface area contributed by atoms with E-state index in [0.717, 1.165) is 55.9 Å². The Hall–Kier alpha value is -2.22. The summed E-state index contributed by atoms with van der Waals surface area (Å²) in [5.74, 6) is 0.0537. The second kappa shape index (κ2) is 9.31. The van der Waals surface area contributed by atoms with Crippen molar-refractivity contribution in [1.29, 1.82) is 0 Å². The van der Waals surface area contributed by atoms with Gasteiger partial charge in [-0.05, 0) is 31.2 Å². The minimum atomic E-state index is -0.265. The number of hydrogen-bond donors (Lipinski definition) is 0. The molecule has 0 saturated heterocycles. The van der Waals surface area contributed by atoms with Crippen molar-refractivity contribution in [2.45, 2.75) is 52.4 Å². The lowest BCUT2D eigenvalue weighted by Crippen LogP contribution is -2.23. The molecule has 0 saturated carbocycles. The molecule has 0 aliphatic heterocycles. The third-order valence-corrected chi connectivity index (χ3v) is 5.17. The van der Waals surface area contributed by atoms with Crippen LogP contribution in [0.15, 0.2) is 54.6 Å². The predicted octanol–water partition coefficient (Wildman–Crippen LogP) is 5.64. The molecule has 0 spiro atoms. The van der Waals surface area contributed by atoms with E-state index in [1.165, 1.54) is 0 Å². The van der Waals surface area contributed by atoms with Crippen molar-refractivity contribution in [2.24, 2.45) is 5.41 Å². The summed E-state index contributed by atoms with van der Waals surface area (Å²) in [5, 5.41) is 0. The van der Waals surface area contributed by atoms with E-state index >= 15 is 0 Å². The van der Waals surface area contributed by atoms with Crippen molar-refractivity contribution in [3.63, 3.8) is 0 Å². The fourth-order valence-corrected chi connectivity index (χ4v) is 3.30. The largest absolute Gasteiger partial charge is 0.303 e. The fourth-order valence-electron chi connectivity index (χ4n) is 3.30. The molecule has 2 nitrogen and oxygen atoms in total. The Kier molecular flexibility index (Phi) is 7.12. The number of carbonyl (C=O) groups excluding carboxylic acids is 2. The number of rotatable bonds is 10. The van der Waals surface area contributed by atoms with Crippen molar-refractivity contribution in [3.8, 4) is 0 Å². The number of unbranched alkanes of at least 4 members (excludes halogenated alkanes) is 1. The zero-order chi connectivity index (χ0) is 18.1. The standard InChI is InChI=1S/C23H28O2/c1-3-5-16-23(4-2,18-24)17-15-19-11-9-10-14-21(19)22(25)20-12-7-6-8-13-20/h6-14,18H,3-5,15-17H2,1-2H3. The first-order chi connectivity index (χ1) is 12.2. The Morgan fingerprint density at radius 3 is 2.28 bits per heavy atom. The Morgan fingerprint density at radius 2 is 1.64 bits per heavy atom. The molecule has 0 heterocycles. The van der Waals surface area contributed by atoms with E-state index in [2.05, 4.69) is 13.8 Å². The van der Waals surface area contributed by atoms with Crippen molar-refractivity contribution < 1.29 is 9.59 Å². The highest BCUT2D eigenvalue weighted by Gasteiger charge is 2.27. The molecule has 0 N–H and O–H groups in total. The molecule has 2 aromatic rings. The maximum absolute atomic E-state index is 12.8. The van der Waals surface area contributed by atoms with Crippen LogP contribution in [0.1, 0.15) is 67.4 Å². The highest BCUT2D eigenvalue weighted by atomic mass is 16.1. The first-order valence-electron chi connectivity index (χ1n) is 9.29. The molecule has 0 aliphatic rings. The highest BCUT2D eigenvalue weighted by molar-refractivity contribution is 6.09. The van der Waals surface area contributed by atoms with Gasteiger partial charge in [0.1, 0.15) is 6.29 Å². The lowest BCUT2D eigenvalue weighted by molar-refractivity contribution is -0.117. The first kappa shape index (κ1) is 19.1. The van der Waals surface area contributed by atoms with Gasteiger partial charge >= 0.3 is 0 Å². The molecule has 1 unspecified atom stereocenters. The zero-order valence-electron chi connectivity index (χ0n) is 15.3. The maximum Gasteiger partial charge on any atom is 0.193 e. The van der Waals surface area contributed by atoms with Gasteiger partial charge in [0, 0.05) is 16.5 Å². The molecular formula is C23H28O2. The van der Waals surface area contributed by atoms with Crippen LogP contribution in [0, 0.1) is 5.41 Å². The second-order valence-electron chi connectivity index (χ2n) is 6.79. The summed E-state index contributed by atoms with van der Waals surface area (Å²) in [7, 11) is 0. The molecule has 0 aliphatic carbocycles. The fraction of sp³-hybridized carbons (Fsp3) is 0.391. The van der Waals surface area contributed by atoms with Gasteiger partial charge in [-0.25, -0.2) is 0 Å². The molecule has 2 heteroatoms. The molecule has 2 aromatic carbocycles. The van der Waals surface area contributed by atoms with Gasteiger partial charge in [-0.3, -0.25) is 4.79 Å². The Bertz CT molecular complexity index is 690. The number of hydrogen-bond acceptors (Lipinski definition) is 2. The van der Waals surface area contributed by atoms with Crippen molar-refractivity contribution in [1.82, 2.24) is 0 Å². The summed E-state index contributed by atoms with van der Waals surface area (Å²) in [6, 6.07) is 17.2. The number of aldehydes is 1. The Morgan fingerprint density at radius 1 is 0.960 bits per heavy atom. The van der Waals surface area contributed by atoms with Crippen LogP contribution in [-0.2, 0) is 11.2 Å². The van der Waals surface area contributed by atoms with Gasteiger partial charge in [0.2, 0.25) is 0 Å². The summed E-state index contributed by atoms with van der Waals surface area (Å²) in [5.41, 5.74) is 2.23. The molecular weight excluding hydrogens is 308 g/mol. The molecule has 0 amide bonds. The Labute approximate surface area is 151 Å². The Balaban J connectivity index is 2.20. The minimum absolute atomic E-state index is 0.0537. The molecule has 0 fully saturated rings. The van der Waals surface area contributed by atoms with Crippen LogP contribution in [0.5, 0.6) is 0 Å². The lowest BCUT2D eigenvalue weighted by atomic mass is 9.76. The molecule has 2 rings (SSSR count). The van der Waals surface area contributed by atoms with Crippen LogP contribution in [0.3, 0.4) is 0 Å². The summed E-state index contributed by atoms with van der Waals surface area (Å²) in [6.07, 6.45) is 6.64. The molecule has 25 heavy (non-hydrogen) atoms. The van der Waals surface area contributed by atoms with Crippen LogP contribution in [0.2, 0.25) is 0 Å². The van der Waals surface area contributed by atoms with Gasteiger partial charge in [0.05, 0.1) is 0 Å². The molecule has 0 aromatic heterocycles. The number of carbonyl (C=O) groups is 2. The van der Waals surface area contributed by atoms with E-state index in [-0.39, 0.29) is 11.2 Å². The molecule has 0 bridgehead atoms. The van der Waals surface area contributed by atoms with Crippen LogP contribution in [0.4, 0.5) is 0 Å². The van der Waals surface area contributed by atoms with Crippen LogP contribution in [0.25, 0.3) is 0 Å². The summed E-state index contributed by atoms with van der Waals surface area (Å²) < 4.78 is 0. The predicted molar refractivity (Wildman–Crippen MR) is 103 cm³/mol. The summed E-state index contributed by atoms with van der Waals surface area (Å²) in [4.78, 5) is 24.6. The third kappa shape index (κ3) is 4.88. The normalized spacial score (nSPS) is 13.2. The van der Waals surface area contributed by atoms with E-state index in [9.17, 15) is 9.59 Å². The van der Waals surface area contributed by atoms with Gasteiger partial charge in [-0.15, -0.1) is 0 Å². The lowest BCUT2D eigenvalue weighted by Gasteiger charge is -2.27. The first-order valence-corrected chi connectivity index (χ1v) is 9.29. The number of aryl methyl sites for hydroxylation is 1. The average molecular weight is 336 g/mol. The van der Waals surface area contributed by atoms with Crippen LogP contribution >= 0.6 is 0 Å². The smallest absolute Gasteiger partial charge is 0.193 e. The van der Waals surface area contributed by atoms with Crippen molar-refractivity contribution in [2.75, 3.05) is 0 Å². The van der Waals surface area contributed by atoms with E-state index in [1.807, 2.05) is 54.6 Å². The summed E-state index contributed by atoms with van der Waals surface area (Å²) >= 11 is 0. The quantitative estimate of drug-likeness (QED) is 0.416. The summed E-state index contributed by atoms with van der Waals surface area (Å²) in [6.45, 7) is 4.24. The van der Waals surface area contributed by atoms with Gasteiger partial charge in [-0.2, -0.15) is 0 Å². The van der Waals surface area contributed by atoms with Gasteiger partial charge < -0.3 is 4.79 Å². The highest BCUT2D eigenvalue weighted by Crippen LogP contribution is 2.32. The van der Waals surface area contributed by atoms with E-state index < -0.39 is 0 Å². The van der Waals surface area contributed by atoms with E-state index in [1.54, 1.807) is 0 Å². The van der Waals surface area contributed by atoms with Gasteiger partial charge in [-0.1, -0.05) is 81.3 Å². The zero-order valence-corrected chi connectivity index (χ0v) is 15.3. The van der Waals surface area contributed by atoms with Crippen molar-refractivity contribution >= 4 is 12.1 Å².